The van der Waals surface area contributed by atoms with Gasteiger partial charge in [-0.3, -0.25) is 9.69 Å². The fraction of sp³-hybridized carbons (Fsp3) is 0.600. The number of piperidine rings is 1. The Morgan fingerprint density at radius 1 is 0.950 bits per heavy atom. The van der Waals surface area contributed by atoms with Crippen LogP contribution >= 0.6 is 11.3 Å². The summed E-state index contributed by atoms with van der Waals surface area (Å²) in [4.78, 5) is 37.3. The first-order valence-corrected chi connectivity index (χ1v) is 15.8. The number of likely N-dealkylation sites (N-methyl/N-ethyl adjacent to an activating group) is 1. The van der Waals surface area contributed by atoms with E-state index in [0.29, 0.717) is 17.8 Å². The second kappa shape index (κ2) is 12.0. The van der Waals surface area contributed by atoms with E-state index in [1.165, 1.54) is 57.4 Å². The largest absolute Gasteiger partial charge is 0.355 e. The van der Waals surface area contributed by atoms with Gasteiger partial charge in [-0.25, -0.2) is 15.0 Å². The number of hydrogen-bond acceptors (Lipinski definition) is 9. The minimum atomic E-state index is 0.0853. The van der Waals surface area contributed by atoms with Crippen molar-refractivity contribution in [1.82, 2.24) is 29.7 Å². The molecule has 9 nitrogen and oxygen atoms in total. The van der Waals surface area contributed by atoms with Gasteiger partial charge < -0.3 is 20.0 Å². The zero-order chi connectivity index (χ0) is 27.6. The molecule has 3 aliphatic rings. The second-order valence-corrected chi connectivity index (χ2v) is 12.7. The van der Waals surface area contributed by atoms with E-state index in [9.17, 15) is 4.79 Å². The van der Waals surface area contributed by atoms with Crippen molar-refractivity contribution in [2.75, 3.05) is 70.1 Å². The fourth-order valence-corrected chi connectivity index (χ4v) is 7.92. The Labute approximate surface area is 241 Å². The van der Waals surface area contributed by atoms with Crippen molar-refractivity contribution in [3.8, 4) is 0 Å². The SMILES string of the molecule is CCN1CCN(C2CCN(c3cnc(Nc4cc5c(C6CCCC6)c(C(=O)N(C)C)sc5cn4)cn3)CC2)CC1. The van der Waals surface area contributed by atoms with Crippen LogP contribution in [0.4, 0.5) is 17.5 Å². The maximum atomic E-state index is 13.0. The molecular formula is C30H42N8OS. The van der Waals surface area contributed by atoms with Crippen LogP contribution in [0.5, 0.6) is 0 Å². The van der Waals surface area contributed by atoms with Gasteiger partial charge in [-0.15, -0.1) is 11.3 Å². The Kier molecular flexibility index (Phi) is 8.18. The Bertz CT molecular complexity index is 1300. The summed E-state index contributed by atoms with van der Waals surface area (Å²) >= 11 is 1.57. The topological polar surface area (TPSA) is 80.7 Å². The van der Waals surface area contributed by atoms with Crippen LogP contribution in [0.1, 0.15) is 66.6 Å². The third-order valence-corrected chi connectivity index (χ3v) is 10.2. The van der Waals surface area contributed by atoms with E-state index in [1.807, 2.05) is 32.7 Å². The molecule has 1 aliphatic carbocycles. The average molecular weight is 563 g/mol. The molecule has 0 unspecified atom stereocenters. The highest BCUT2D eigenvalue weighted by atomic mass is 32.1. The van der Waals surface area contributed by atoms with Gasteiger partial charge >= 0.3 is 0 Å². The van der Waals surface area contributed by atoms with E-state index in [2.05, 4.69) is 43.0 Å². The molecule has 1 N–H and O–H groups in total. The molecule has 0 radical (unpaired) electrons. The van der Waals surface area contributed by atoms with Gasteiger partial charge in [-0.1, -0.05) is 19.8 Å². The number of anilines is 3. The van der Waals surface area contributed by atoms with E-state index in [-0.39, 0.29) is 5.91 Å². The van der Waals surface area contributed by atoms with Gasteiger partial charge in [0.05, 0.1) is 22.0 Å². The van der Waals surface area contributed by atoms with Crippen molar-refractivity contribution in [1.29, 1.82) is 0 Å². The molecule has 1 saturated carbocycles. The summed E-state index contributed by atoms with van der Waals surface area (Å²) in [6, 6.07) is 2.78. The molecule has 214 valence electrons. The lowest BCUT2D eigenvalue weighted by atomic mass is 9.94. The second-order valence-electron chi connectivity index (χ2n) is 11.7. The first-order chi connectivity index (χ1) is 19.5. The highest BCUT2D eigenvalue weighted by Gasteiger charge is 2.29. The quantitative estimate of drug-likeness (QED) is 0.440. The molecule has 0 aromatic carbocycles. The van der Waals surface area contributed by atoms with Gasteiger partial charge in [0.1, 0.15) is 17.5 Å². The number of nitrogens with zero attached hydrogens (tertiary/aromatic N) is 7. The van der Waals surface area contributed by atoms with Gasteiger partial charge in [0.25, 0.3) is 5.91 Å². The molecule has 0 atom stereocenters. The third kappa shape index (κ3) is 5.66. The van der Waals surface area contributed by atoms with Crippen LogP contribution in [0.2, 0.25) is 0 Å². The molecule has 40 heavy (non-hydrogen) atoms. The maximum Gasteiger partial charge on any atom is 0.263 e. The third-order valence-electron chi connectivity index (χ3n) is 9.03. The van der Waals surface area contributed by atoms with Crippen LogP contribution in [0.25, 0.3) is 10.1 Å². The van der Waals surface area contributed by atoms with Gasteiger partial charge in [0.2, 0.25) is 0 Å². The van der Waals surface area contributed by atoms with Gasteiger partial charge in [-0.2, -0.15) is 0 Å². The number of aromatic nitrogens is 3. The number of hydrogen-bond donors (Lipinski definition) is 1. The monoisotopic (exact) mass is 562 g/mol. The number of pyridine rings is 1. The average Bonchev–Trinajstić information content (AvgIpc) is 3.65. The Hall–Kier alpha value is -2.82. The van der Waals surface area contributed by atoms with Crippen LogP contribution in [-0.4, -0.2) is 102 Å². The minimum absolute atomic E-state index is 0.0853. The fourth-order valence-electron chi connectivity index (χ4n) is 6.66. The van der Waals surface area contributed by atoms with Crippen LogP contribution in [-0.2, 0) is 0 Å². The molecule has 3 fully saturated rings. The Morgan fingerprint density at radius 3 is 2.33 bits per heavy atom. The number of fused-ring (bicyclic) bond motifs is 1. The van der Waals surface area contributed by atoms with E-state index in [0.717, 1.165) is 59.1 Å². The number of nitrogens with one attached hydrogen (secondary N) is 1. The van der Waals surface area contributed by atoms with Crippen molar-refractivity contribution in [2.45, 2.75) is 57.4 Å². The van der Waals surface area contributed by atoms with Crippen LogP contribution in [0, 0.1) is 0 Å². The predicted molar refractivity (Wildman–Crippen MR) is 163 cm³/mol. The number of carbonyl (C=O) groups excluding carboxylic acids is 1. The molecule has 2 saturated heterocycles. The van der Waals surface area contributed by atoms with Crippen molar-refractivity contribution in [3.05, 3.63) is 35.1 Å². The summed E-state index contributed by atoms with van der Waals surface area (Å²) in [5.41, 5.74) is 1.21. The smallest absolute Gasteiger partial charge is 0.263 e. The van der Waals surface area contributed by atoms with Crippen molar-refractivity contribution >= 4 is 44.8 Å². The van der Waals surface area contributed by atoms with Crippen LogP contribution in [0.3, 0.4) is 0 Å². The van der Waals surface area contributed by atoms with Crippen molar-refractivity contribution in [2.24, 2.45) is 0 Å². The minimum Gasteiger partial charge on any atom is -0.355 e. The molecule has 6 rings (SSSR count). The van der Waals surface area contributed by atoms with Gasteiger partial charge in [0, 0.05) is 71.0 Å². The first-order valence-electron chi connectivity index (χ1n) is 14.9. The molecule has 1 amide bonds. The van der Waals surface area contributed by atoms with Gasteiger partial charge in [0.15, 0.2) is 0 Å². The molecule has 10 heteroatoms. The number of piperazine rings is 1. The van der Waals surface area contributed by atoms with E-state index in [4.69, 9.17) is 4.98 Å². The molecule has 5 heterocycles. The zero-order valence-corrected chi connectivity index (χ0v) is 24.9. The lowest BCUT2D eigenvalue weighted by Gasteiger charge is -2.42. The highest BCUT2D eigenvalue weighted by Crippen LogP contribution is 2.44. The highest BCUT2D eigenvalue weighted by molar-refractivity contribution is 7.21. The zero-order valence-electron chi connectivity index (χ0n) is 24.1. The van der Waals surface area contributed by atoms with Crippen LogP contribution < -0.4 is 10.2 Å². The number of carbonyl (C=O) groups is 1. The van der Waals surface area contributed by atoms with Crippen LogP contribution in [0.15, 0.2) is 24.7 Å². The number of thiophene rings is 1. The van der Waals surface area contributed by atoms with Gasteiger partial charge in [-0.05, 0) is 49.8 Å². The summed E-state index contributed by atoms with van der Waals surface area (Å²) in [7, 11) is 3.66. The standard InChI is InChI=1S/C30H42N8OS/c1-4-36-13-15-37(16-14-36)22-9-11-38(12-10-22)27-20-32-26(19-33-27)34-25-17-23-24(18-31-25)40-29(30(39)35(2)3)28(23)21-7-5-6-8-21/h17-22H,4-16H2,1-3H3,(H,31,32,34). The van der Waals surface area contributed by atoms with Crippen molar-refractivity contribution in [3.63, 3.8) is 0 Å². The molecule has 3 aromatic heterocycles. The molecule has 2 aliphatic heterocycles. The summed E-state index contributed by atoms with van der Waals surface area (Å²) in [6.07, 6.45) is 12.7. The molecule has 3 aromatic rings. The lowest BCUT2D eigenvalue weighted by molar-refractivity contribution is 0.0831. The predicted octanol–water partition coefficient (Wildman–Crippen LogP) is 4.80. The first kappa shape index (κ1) is 27.4. The number of rotatable bonds is 7. The van der Waals surface area contributed by atoms with E-state index >= 15 is 0 Å². The van der Waals surface area contributed by atoms with E-state index in [1.54, 1.807) is 16.2 Å². The van der Waals surface area contributed by atoms with E-state index < -0.39 is 0 Å². The molecule has 0 spiro atoms. The summed E-state index contributed by atoms with van der Waals surface area (Å²) in [5, 5.41) is 4.50. The molecule has 0 bridgehead atoms. The summed E-state index contributed by atoms with van der Waals surface area (Å²) in [5.74, 6) is 2.88. The lowest BCUT2D eigenvalue weighted by Crippen LogP contribution is -2.53. The van der Waals surface area contributed by atoms with Crippen molar-refractivity contribution < 1.29 is 4.79 Å². The molecular weight excluding hydrogens is 520 g/mol. The maximum absolute atomic E-state index is 13.0. The summed E-state index contributed by atoms with van der Waals surface area (Å²) in [6.45, 7) is 10.2. The number of amides is 1. The Balaban J connectivity index is 1.12. The Morgan fingerprint density at radius 2 is 1.68 bits per heavy atom. The summed E-state index contributed by atoms with van der Waals surface area (Å²) < 4.78 is 1.06. The normalized spacial score (nSPS) is 19.9.